The molecule has 2 aromatic carbocycles. The number of carboxylic acid groups (broad SMARTS) is 1. The highest BCUT2D eigenvalue weighted by Gasteiger charge is 2.18. The highest BCUT2D eigenvalue weighted by Crippen LogP contribution is 2.15. The quantitative estimate of drug-likeness (QED) is 0.620. The van der Waals surface area contributed by atoms with E-state index in [0.717, 1.165) is 11.1 Å². The fraction of sp³-hybridized carbons (Fsp3) is 0.111. The molecule has 0 atom stereocenters. The van der Waals surface area contributed by atoms with Crippen LogP contribution in [-0.2, 0) is 6.54 Å². The van der Waals surface area contributed by atoms with Crippen LogP contribution in [0.3, 0.4) is 0 Å². The van der Waals surface area contributed by atoms with Crippen LogP contribution in [0, 0.1) is 6.92 Å². The Labute approximate surface area is 141 Å². The molecule has 0 spiro atoms. The Bertz CT molecular complexity index is 1170. The first-order chi connectivity index (χ1) is 12.0. The predicted octanol–water partition coefficient (Wildman–Crippen LogP) is 2.10. The standard InChI is InChI=1S/C18H14N4O3/c1-11-6-8-12(9-7-11)10-21-13-4-2-3-5-14(13)22-16(17(21)23)19-15(20-22)18(24)25/h2-9H,10H2,1H3,(H,24,25). The van der Waals surface area contributed by atoms with Gasteiger partial charge in [-0.2, -0.15) is 4.98 Å². The SMILES string of the molecule is Cc1ccc(Cn2c(=O)c3nc(C(=O)O)nn3c3ccccc32)cc1. The molecular formula is C18H14N4O3. The van der Waals surface area contributed by atoms with Gasteiger partial charge in [0, 0.05) is 0 Å². The van der Waals surface area contributed by atoms with Crippen LogP contribution < -0.4 is 5.56 Å². The minimum Gasteiger partial charge on any atom is -0.475 e. The highest BCUT2D eigenvalue weighted by atomic mass is 16.4. The minimum atomic E-state index is -1.27. The molecule has 124 valence electrons. The van der Waals surface area contributed by atoms with E-state index in [1.54, 1.807) is 10.6 Å². The highest BCUT2D eigenvalue weighted by molar-refractivity contribution is 5.85. The van der Waals surface area contributed by atoms with Crippen molar-refractivity contribution in [2.24, 2.45) is 0 Å². The summed E-state index contributed by atoms with van der Waals surface area (Å²) in [7, 11) is 0. The summed E-state index contributed by atoms with van der Waals surface area (Å²) >= 11 is 0. The van der Waals surface area contributed by atoms with Crippen molar-refractivity contribution >= 4 is 22.6 Å². The number of fused-ring (bicyclic) bond motifs is 3. The first kappa shape index (κ1) is 15.1. The number of hydrogen-bond acceptors (Lipinski definition) is 4. The number of aromatic nitrogens is 4. The molecule has 2 heterocycles. The van der Waals surface area contributed by atoms with E-state index in [1.165, 1.54) is 4.52 Å². The van der Waals surface area contributed by atoms with Gasteiger partial charge in [-0.25, -0.2) is 9.31 Å². The lowest BCUT2D eigenvalue weighted by molar-refractivity contribution is 0.0684. The Kier molecular flexibility index (Phi) is 3.35. The van der Waals surface area contributed by atoms with Crippen LogP contribution in [0.1, 0.15) is 21.7 Å². The number of aromatic carboxylic acids is 1. The van der Waals surface area contributed by atoms with Crippen LogP contribution in [0.4, 0.5) is 0 Å². The molecule has 2 aromatic heterocycles. The third-order valence-electron chi connectivity index (χ3n) is 4.10. The number of para-hydroxylation sites is 2. The average molecular weight is 334 g/mol. The molecule has 4 rings (SSSR count). The van der Waals surface area contributed by atoms with Crippen LogP contribution in [0.15, 0.2) is 53.3 Å². The van der Waals surface area contributed by atoms with Crippen molar-refractivity contribution in [1.82, 2.24) is 19.2 Å². The predicted molar refractivity (Wildman–Crippen MR) is 92.0 cm³/mol. The largest absolute Gasteiger partial charge is 0.475 e. The number of nitrogens with zero attached hydrogens (tertiary/aromatic N) is 4. The van der Waals surface area contributed by atoms with E-state index in [2.05, 4.69) is 10.1 Å². The van der Waals surface area contributed by atoms with Crippen LogP contribution >= 0.6 is 0 Å². The van der Waals surface area contributed by atoms with E-state index in [0.29, 0.717) is 17.6 Å². The number of benzene rings is 2. The third-order valence-corrected chi connectivity index (χ3v) is 4.10. The summed E-state index contributed by atoms with van der Waals surface area (Å²) in [6.07, 6.45) is 0. The molecule has 0 aliphatic heterocycles. The Balaban J connectivity index is 2.01. The fourth-order valence-corrected chi connectivity index (χ4v) is 2.84. The number of aryl methyl sites for hydroxylation is 1. The summed E-state index contributed by atoms with van der Waals surface area (Å²) in [6.45, 7) is 2.37. The van der Waals surface area contributed by atoms with Gasteiger partial charge >= 0.3 is 5.97 Å². The summed E-state index contributed by atoms with van der Waals surface area (Å²) in [6, 6.07) is 15.1. The van der Waals surface area contributed by atoms with Gasteiger partial charge in [0.25, 0.3) is 11.4 Å². The second-order valence-electron chi connectivity index (χ2n) is 5.84. The molecule has 0 amide bonds. The van der Waals surface area contributed by atoms with Crippen molar-refractivity contribution in [1.29, 1.82) is 0 Å². The Morgan fingerprint density at radius 2 is 1.76 bits per heavy atom. The summed E-state index contributed by atoms with van der Waals surface area (Å²) in [4.78, 5) is 28.0. The average Bonchev–Trinajstić information content (AvgIpc) is 3.06. The monoisotopic (exact) mass is 334 g/mol. The molecule has 0 aliphatic rings. The van der Waals surface area contributed by atoms with E-state index in [9.17, 15) is 9.59 Å². The summed E-state index contributed by atoms with van der Waals surface area (Å²) in [5.74, 6) is -1.66. The van der Waals surface area contributed by atoms with Gasteiger partial charge in [-0.05, 0) is 24.6 Å². The van der Waals surface area contributed by atoms with E-state index < -0.39 is 11.8 Å². The lowest BCUT2D eigenvalue weighted by Gasteiger charge is -2.11. The van der Waals surface area contributed by atoms with Gasteiger partial charge in [-0.1, -0.05) is 42.0 Å². The first-order valence-corrected chi connectivity index (χ1v) is 7.72. The maximum Gasteiger partial charge on any atom is 0.375 e. The number of hydrogen-bond donors (Lipinski definition) is 1. The van der Waals surface area contributed by atoms with E-state index in [-0.39, 0.29) is 11.2 Å². The number of carboxylic acids is 1. The molecule has 7 heteroatoms. The second-order valence-corrected chi connectivity index (χ2v) is 5.84. The summed E-state index contributed by atoms with van der Waals surface area (Å²) in [5.41, 5.74) is 3.04. The molecule has 0 radical (unpaired) electrons. The van der Waals surface area contributed by atoms with Crippen molar-refractivity contribution in [3.63, 3.8) is 0 Å². The van der Waals surface area contributed by atoms with E-state index in [1.807, 2.05) is 49.4 Å². The minimum absolute atomic E-state index is 0.00297. The van der Waals surface area contributed by atoms with Crippen LogP contribution in [0.25, 0.3) is 16.7 Å². The fourth-order valence-electron chi connectivity index (χ4n) is 2.84. The molecule has 4 aromatic rings. The normalized spacial score (nSPS) is 11.2. The topological polar surface area (TPSA) is 89.5 Å². The zero-order valence-electron chi connectivity index (χ0n) is 13.4. The van der Waals surface area contributed by atoms with Crippen LogP contribution in [0.5, 0.6) is 0 Å². The molecule has 0 saturated carbocycles. The van der Waals surface area contributed by atoms with Gasteiger partial charge in [-0.3, -0.25) is 9.36 Å². The molecule has 0 unspecified atom stereocenters. The molecule has 0 fully saturated rings. The van der Waals surface area contributed by atoms with Gasteiger partial charge in [0.2, 0.25) is 5.65 Å². The molecule has 0 saturated heterocycles. The van der Waals surface area contributed by atoms with Gasteiger partial charge in [0.15, 0.2) is 0 Å². The van der Waals surface area contributed by atoms with Crippen molar-refractivity contribution in [2.75, 3.05) is 0 Å². The first-order valence-electron chi connectivity index (χ1n) is 7.72. The molecular weight excluding hydrogens is 320 g/mol. The molecule has 0 bridgehead atoms. The smallest absolute Gasteiger partial charge is 0.375 e. The number of rotatable bonds is 3. The summed E-state index contributed by atoms with van der Waals surface area (Å²) < 4.78 is 2.89. The second kappa shape index (κ2) is 5.55. The van der Waals surface area contributed by atoms with Crippen molar-refractivity contribution in [2.45, 2.75) is 13.5 Å². The third kappa shape index (κ3) is 2.46. The van der Waals surface area contributed by atoms with Crippen molar-refractivity contribution in [3.05, 3.63) is 75.8 Å². The molecule has 0 aliphatic carbocycles. The lowest BCUT2D eigenvalue weighted by Crippen LogP contribution is -2.24. The van der Waals surface area contributed by atoms with E-state index in [4.69, 9.17) is 5.11 Å². The number of carbonyl (C=O) groups is 1. The van der Waals surface area contributed by atoms with Gasteiger partial charge in [0.05, 0.1) is 17.6 Å². The molecule has 7 nitrogen and oxygen atoms in total. The van der Waals surface area contributed by atoms with Crippen molar-refractivity contribution in [3.8, 4) is 0 Å². The van der Waals surface area contributed by atoms with Gasteiger partial charge in [-0.15, -0.1) is 5.10 Å². The lowest BCUT2D eigenvalue weighted by atomic mass is 10.1. The van der Waals surface area contributed by atoms with Gasteiger partial charge in [0.1, 0.15) is 0 Å². The Morgan fingerprint density at radius 1 is 1.08 bits per heavy atom. The molecule has 1 N–H and O–H groups in total. The maximum atomic E-state index is 12.9. The summed E-state index contributed by atoms with van der Waals surface area (Å²) in [5, 5.41) is 13.1. The zero-order chi connectivity index (χ0) is 17.6. The van der Waals surface area contributed by atoms with Gasteiger partial charge < -0.3 is 5.11 Å². The Hall–Kier alpha value is -3.48. The maximum absolute atomic E-state index is 12.9. The molecule has 25 heavy (non-hydrogen) atoms. The van der Waals surface area contributed by atoms with Crippen LogP contribution in [-0.4, -0.2) is 30.2 Å². The Morgan fingerprint density at radius 3 is 2.44 bits per heavy atom. The zero-order valence-corrected chi connectivity index (χ0v) is 13.4. The van der Waals surface area contributed by atoms with Crippen molar-refractivity contribution < 1.29 is 9.90 Å². The van der Waals surface area contributed by atoms with E-state index >= 15 is 0 Å². The van der Waals surface area contributed by atoms with Crippen LogP contribution in [0.2, 0.25) is 0 Å².